The number of hydrogen-bond donors (Lipinski definition) is 0. The highest BCUT2D eigenvalue weighted by Gasteiger charge is 2.13. The molecule has 0 aromatic carbocycles. The summed E-state index contributed by atoms with van der Waals surface area (Å²) in [7, 11) is 0. The van der Waals surface area contributed by atoms with E-state index < -0.39 is 0 Å². The highest BCUT2D eigenvalue weighted by Crippen LogP contribution is 2.16. The molecule has 0 N–H and O–H groups in total. The lowest BCUT2D eigenvalue weighted by Gasteiger charge is -2.17. The fraction of sp³-hybridized carbons (Fsp3) is 0.824. The van der Waals surface area contributed by atoms with E-state index in [9.17, 15) is 4.79 Å². The molecule has 1 unspecified atom stereocenters. The van der Waals surface area contributed by atoms with Gasteiger partial charge in [0.25, 0.3) is 0 Å². The molecule has 0 aromatic rings. The predicted octanol–water partition coefficient (Wildman–Crippen LogP) is 5.17. The van der Waals surface area contributed by atoms with Gasteiger partial charge in [0.2, 0.25) is 0 Å². The summed E-state index contributed by atoms with van der Waals surface area (Å²) in [5, 5.41) is 0. The molecule has 0 radical (unpaired) electrons. The first kappa shape index (κ1) is 16.3. The summed E-state index contributed by atoms with van der Waals surface area (Å²) in [6.45, 7) is 2.16. The third kappa shape index (κ3) is 8.85. The summed E-state index contributed by atoms with van der Waals surface area (Å²) in [5.74, 6) is 0.0114. The van der Waals surface area contributed by atoms with Gasteiger partial charge < -0.3 is 4.74 Å². The standard InChI is InChI=1S/C17H30O2/c1-2-13-16-14-11-9-7-5-3-4-6-8-10-12-15-17(18)19-16/h4,6,16H,2-3,5,7-15H2,1H3. The molecule has 2 nitrogen and oxygen atoms in total. The number of ether oxygens (including phenoxy) is 1. The zero-order chi connectivity index (χ0) is 13.8. The summed E-state index contributed by atoms with van der Waals surface area (Å²) in [5.41, 5.74) is 0. The van der Waals surface area contributed by atoms with Gasteiger partial charge in [0.15, 0.2) is 0 Å². The largest absolute Gasteiger partial charge is 0.462 e. The van der Waals surface area contributed by atoms with Gasteiger partial charge in [0.05, 0.1) is 0 Å². The van der Waals surface area contributed by atoms with Crippen molar-refractivity contribution < 1.29 is 9.53 Å². The molecule has 1 rings (SSSR count). The van der Waals surface area contributed by atoms with Crippen molar-refractivity contribution in [3.63, 3.8) is 0 Å². The molecule has 1 atom stereocenters. The van der Waals surface area contributed by atoms with Gasteiger partial charge in [-0.25, -0.2) is 0 Å². The number of carbonyl (C=O) groups is 1. The van der Waals surface area contributed by atoms with Crippen molar-refractivity contribution in [3.05, 3.63) is 12.2 Å². The summed E-state index contributed by atoms with van der Waals surface area (Å²) < 4.78 is 5.61. The van der Waals surface area contributed by atoms with Crippen LogP contribution >= 0.6 is 0 Å². The normalized spacial score (nSPS) is 24.3. The number of hydrogen-bond acceptors (Lipinski definition) is 2. The monoisotopic (exact) mass is 266 g/mol. The average Bonchev–Trinajstić information content (AvgIpc) is 2.40. The lowest BCUT2D eigenvalue weighted by Crippen LogP contribution is -2.18. The Morgan fingerprint density at radius 2 is 1.74 bits per heavy atom. The van der Waals surface area contributed by atoms with Crippen molar-refractivity contribution >= 4 is 5.97 Å². The topological polar surface area (TPSA) is 26.3 Å². The lowest BCUT2D eigenvalue weighted by atomic mass is 10.0. The molecule has 1 heterocycles. The van der Waals surface area contributed by atoms with E-state index in [4.69, 9.17) is 4.74 Å². The van der Waals surface area contributed by atoms with E-state index in [0.29, 0.717) is 6.42 Å². The molecular formula is C17H30O2. The Balaban J connectivity index is 2.38. The molecule has 0 amide bonds. The number of cyclic esters (lactones) is 1. The van der Waals surface area contributed by atoms with Crippen LogP contribution in [0.2, 0.25) is 0 Å². The van der Waals surface area contributed by atoms with E-state index >= 15 is 0 Å². The third-order valence-corrected chi connectivity index (χ3v) is 3.72. The Kier molecular flexibility index (Phi) is 9.48. The van der Waals surface area contributed by atoms with Crippen LogP contribution in [0.5, 0.6) is 0 Å². The molecule has 0 bridgehead atoms. The minimum atomic E-state index is 0.0114. The van der Waals surface area contributed by atoms with Crippen LogP contribution in [-0.4, -0.2) is 12.1 Å². The number of carbonyl (C=O) groups excluding carboxylic acids is 1. The zero-order valence-electron chi connectivity index (χ0n) is 12.5. The Morgan fingerprint density at radius 3 is 2.47 bits per heavy atom. The fourth-order valence-corrected chi connectivity index (χ4v) is 2.58. The second-order valence-electron chi connectivity index (χ2n) is 5.61. The quantitative estimate of drug-likeness (QED) is 0.509. The van der Waals surface area contributed by atoms with Crippen molar-refractivity contribution in [3.8, 4) is 0 Å². The summed E-state index contributed by atoms with van der Waals surface area (Å²) in [4.78, 5) is 11.8. The van der Waals surface area contributed by atoms with Gasteiger partial charge in [0.1, 0.15) is 6.10 Å². The lowest BCUT2D eigenvalue weighted by molar-refractivity contribution is -0.150. The minimum absolute atomic E-state index is 0.0114. The van der Waals surface area contributed by atoms with E-state index in [2.05, 4.69) is 19.1 Å². The molecule has 19 heavy (non-hydrogen) atoms. The predicted molar refractivity (Wildman–Crippen MR) is 80.1 cm³/mol. The smallest absolute Gasteiger partial charge is 0.306 e. The second-order valence-corrected chi connectivity index (χ2v) is 5.61. The Morgan fingerprint density at radius 1 is 1.05 bits per heavy atom. The average molecular weight is 266 g/mol. The highest BCUT2D eigenvalue weighted by molar-refractivity contribution is 5.69. The van der Waals surface area contributed by atoms with Gasteiger partial charge in [-0.3, -0.25) is 4.79 Å². The first-order valence-corrected chi connectivity index (χ1v) is 8.17. The molecule has 0 aliphatic carbocycles. The van der Waals surface area contributed by atoms with Crippen LogP contribution < -0.4 is 0 Å². The molecule has 0 aromatic heterocycles. The van der Waals surface area contributed by atoms with Crippen molar-refractivity contribution in [2.24, 2.45) is 0 Å². The Labute approximate surface area is 118 Å². The summed E-state index contributed by atoms with van der Waals surface area (Å²) in [6, 6.07) is 0. The maximum Gasteiger partial charge on any atom is 0.306 e. The second kappa shape index (κ2) is 11.1. The molecular weight excluding hydrogens is 236 g/mol. The van der Waals surface area contributed by atoms with E-state index in [-0.39, 0.29) is 12.1 Å². The first-order chi connectivity index (χ1) is 9.33. The van der Waals surface area contributed by atoms with E-state index in [1.54, 1.807) is 0 Å². The molecule has 2 heteroatoms. The molecule has 0 fully saturated rings. The van der Waals surface area contributed by atoms with Crippen molar-refractivity contribution in [2.75, 3.05) is 0 Å². The maximum absolute atomic E-state index is 11.8. The van der Waals surface area contributed by atoms with Crippen molar-refractivity contribution in [1.29, 1.82) is 0 Å². The molecule has 0 saturated carbocycles. The van der Waals surface area contributed by atoms with E-state index in [1.165, 1.54) is 32.1 Å². The summed E-state index contributed by atoms with van der Waals surface area (Å²) >= 11 is 0. The van der Waals surface area contributed by atoms with Crippen LogP contribution in [0.25, 0.3) is 0 Å². The number of rotatable bonds is 2. The van der Waals surface area contributed by atoms with Crippen molar-refractivity contribution in [2.45, 2.75) is 90.1 Å². The van der Waals surface area contributed by atoms with Crippen LogP contribution in [0.15, 0.2) is 12.2 Å². The van der Waals surface area contributed by atoms with Gasteiger partial charge in [-0.05, 0) is 51.4 Å². The van der Waals surface area contributed by atoms with Gasteiger partial charge in [-0.2, -0.15) is 0 Å². The third-order valence-electron chi connectivity index (χ3n) is 3.72. The molecule has 0 spiro atoms. The fourth-order valence-electron chi connectivity index (χ4n) is 2.58. The SMILES string of the molecule is CCCC1CCCCCCC=CCCCCC(=O)O1. The van der Waals surface area contributed by atoms with Crippen LogP contribution in [0, 0.1) is 0 Å². The van der Waals surface area contributed by atoms with Crippen LogP contribution in [0.3, 0.4) is 0 Å². The molecule has 1 aliphatic heterocycles. The van der Waals surface area contributed by atoms with E-state index in [0.717, 1.165) is 38.5 Å². The number of allylic oxidation sites excluding steroid dienone is 2. The Bertz CT molecular complexity index is 258. The maximum atomic E-state index is 11.8. The molecule has 0 saturated heterocycles. The number of esters is 1. The van der Waals surface area contributed by atoms with E-state index in [1.807, 2.05) is 0 Å². The Hall–Kier alpha value is -0.790. The highest BCUT2D eigenvalue weighted by atomic mass is 16.5. The molecule has 1 aliphatic rings. The first-order valence-electron chi connectivity index (χ1n) is 8.17. The van der Waals surface area contributed by atoms with Gasteiger partial charge in [-0.15, -0.1) is 0 Å². The van der Waals surface area contributed by atoms with Crippen molar-refractivity contribution in [1.82, 2.24) is 0 Å². The van der Waals surface area contributed by atoms with Crippen LogP contribution in [0.4, 0.5) is 0 Å². The zero-order valence-corrected chi connectivity index (χ0v) is 12.5. The van der Waals surface area contributed by atoms with Gasteiger partial charge in [-0.1, -0.05) is 38.3 Å². The van der Waals surface area contributed by atoms with Crippen LogP contribution in [0.1, 0.15) is 84.0 Å². The van der Waals surface area contributed by atoms with Crippen LogP contribution in [-0.2, 0) is 9.53 Å². The van der Waals surface area contributed by atoms with Gasteiger partial charge >= 0.3 is 5.97 Å². The van der Waals surface area contributed by atoms with Gasteiger partial charge in [0, 0.05) is 6.42 Å². The molecule has 110 valence electrons. The minimum Gasteiger partial charge on any atom is -0.462 e. The summed E-state index contributed by atoms with van der Waals surface area (Å²) in [6.07, 6.45) is 18.0.